The van der Waals surface area contributed by atoms with Crippen LogP contribution in [0, 0.1) is 6.92 Å². The fraction of sp³-hybridized carbons (Fsp3) is 0.333. The van der Waals surface area contributed by atoms with Gasteiger partial charge in [-0.25, -0.2) is 9.97 Å². The van der Waals surface area contributed by atoms with Crippen LogP contribution in [0.15, 0.2) is 47.8 Å². The van der Waals surface area contributed by atoms with Crippen LogP contribution >= 0.6 is 0 Å². The van der Waals surface area contributed by atoms with Crippen LogP contribution in [0.4, 0.5) is 5.82 Å². The molecule has 4 aromatic rings. The first kappa shape index (κ1) is 23.2. The number of aryl methyl sites for hydroxylation is 1. The Kier molecular flexibility index (Phi) is 7.38. The minimum Gasteiger partial charge on any atom is -0.481 e. The van der Waals surface area contributed by atoms with Crippen LogP contribution in [-0.2, 0) is 17.8 Å². The van der Waals surface area contributed by atoms with Gasteiger partial charge in [-0.2, -0.15) is 0 Å². The third kappa shape index (κ3) is 5.34. The Bertz CT molecular complexity index is 1310. The first-order valence-corrected chi connectivity index (χ1v) is 11.1. The zero-order chi connectivity index (χ0) is 23.9. The molecule has 0 spiro atoms. The van der Waals surface area contributed by atoms with E-state index in [0.29, 0.717) is 54.6 Å². The van der Waals surface area contributed by atoms with E-state index < -0.39 is 0 Å². The zero-order valence-corrected chi connectivity index (χ0v) is 19.5. The summed E-state index contributed by atoms with van der Waals surface area (Å²) < 4.78 is 12.5. The molecule has 0 aliphatic heterocycles. The van der Waals surface area contributed by atoms with E-state index in [-0.39, 0.29) is 11.4 Å². The van der Waals surface area contributed by atoms with Gasteiger partial charge in [-0.3, -0.25) is 19.7 Å². The summed E-state index contributed by atoms with van der Waals surface area (Å²) in [5, 5.41) is 3.10. The molecule has 4 heterocycles. The lowest BCUT2D eigenvalue weighted by atomic mass is 10.2. The van der Waals surface area contributed by atoms with Gasteiger partial charge >= 0.3 is 0 Å². The van der Waals surface area contributed by atoms with Gasteiger partial charge in [0.2, 0.25) is 5.88 Å². The average molecular weight is 462 g/mol. The molecule has 0 aliphatic carbocycles. The van der Waals surface area contributed by atoms with Crippen molar-refractivity contribution in [2.24, 2.45) is 0 Å². The molecule has 0 amide bonds. The topological polar surface area (TPSA) is 117 Å². The first-order valence-electron chi connectivity index (χ1n) is 11.1. The van der Waals surface area contributed by atoms with Crippen molar-refractivity contribution in [1.82, 2.24) is 29.5 Å². The molecule has 1 N–H and O–H groups in total. The number of pyridine rings is 2. The van der Waals surface area contributed by atoms with E-state index in [9.17, 15) is 4.79 Å². The third-order valence-corrected chi connectivity index (χ3v) is 5.15. The van der Waals surface area contributed by atoms with Gasteiger partial charge in [-0.05, 0) is 25.5 Å². The standard InChI is InChI=1S/C24H27N7O3/c1-4-8-34-9-7-31-21-10-19(17-5-6-22(33-3)28-12-17)27-15-20(21)30-23(24(31)32)29-14-18-13-25-16(2)11-26-18/h5-6,10-13,15H,4,7-9,14H2,1-3H3,(H,29,30). The summed E-state index contributed by atoms with van der Waals surface area (Å²) >= 11 is 0. The van der Waals surface area contributed by atoms with E-state index >= 15 is 0 Å². The number of aromatic nitrogens is 6. The van der Waals surface area contributed by atoms with Crippen LogP contribution < -0.4 is 15.6 Å². The highest BCUT2D eigenvalue weighted by Crippen LogP contribution is 2.22. The van der Waals surface area contributed by atoms with Gasteiger partial charge in [0.25, 0.3) is 5.56 Å². The fourth-order valence-electron chi connectivity index (χ4n) is 3.38. The molecule has 0 unspecified atom stereocenters. The molecule has 34 heavy (non-hydrogen) atoms. The Morgan fingerprint density at radius 3 is 2.62 bits per heavy atom. The van der Waals surface area contributed by atoms with E-state index in [2.05, 4.69) is 30.2 Å². The Morgan fingerprint density at radius 2 is 1.91 bits per heavy atom. The number of hydrogen-bond acceptors (Lipinski definition) is 9. The van der Waals surface area contributed by atoms with Crippen molar-refractivity contribution in [3.05, 3.63) is 64.7 Å². The average Bonchev–Trinajstić information content (AvgIpc) is 2.87. The molecule has 0 aromatic carbocycles. The molecule has 10 heteroatoms. The highest BCUT2D eigenvalue weighted by molar-refractivity contribution is 5.80. The minimum absolute atomic E-state index is 0.228. The molecule has 4 aromatic heterocycles. The quantitative estimate of drug-likeness (QED) is 0.356. The Hall–Kier alpha value is -3.92. The molecule has 0 saturated heterocycles. The van der Waals surface area contributed by atoms with Crippen LogP contribution in [0.3, 0.4) is 0 Å². The van der Waals surface area contributed by atoms with E-state index in [1.165, 1.54) is 0 Å². The summed E-state index contributed by atoms with van der Waals surface area (Å²) in [4.78, 5) is 35.3. The van der Waals surface area contributed by atoms with Gasteiger partial charge in [0.05, 0.1) is 55.3 Å². The number of fused-ring (bicyclic) bond motifs is 1. The number of anilines is 1. The molecule has 0 atom stereocenters. The second-order valence-electron chi connectivity index (χ2n) is 7.68. The number of methoxy groups -OCH3 is 1. The zero-order valence-electron chi connectivity index (χ0n) is 19.5. The van der Waals surface area contributed by atoms with E-state index in [1.54, 1.807) is 42.5 Å². The predicted octanol–water partition coefficient (Wildman–Crippen LogP) is 3.00. The second-order valence-corrected chi connectivity index (χ2v) is 7.68. The number of nitrogens with zero attached hydrogens (tertiary/aromatic N) is 6. The summed E-state index contributed by atoms with van der Waals surface area (Å²) in [6.07, 6.45) is 7.63. The van der Waals surface area contributed by atoms with Crippen molar-refractivity contribution in [1.29, 1.82) is 0 Å². The van der Waals surface area contributed by atoms with Gasteiger partial charge in [0, 0.05) is 37.2 Å². The number of ether oxygens (including phenoxy) is 2. The van der Waals surface area contributed by atoms with Gasteiger partial charge in [-0.15, -0.1) is 0 Å². The third-order valence-electron chi connectivity index (χ3n) is 5.15. The monoisotopic (exact) mass is 461 g/mol. The molecule has 0 fully saturated rings. The molecule has 0 radical (unpaired) electrons. The number of rotatable bonds is 10. The largest absolute Gasteiger partial charge is 0.481 e. The van der Waals surface area contributed by atoms with Crippen LogP contribution in [0.2, 0.25) is 0 Å². The maximum absolute atomic E-state index is 13.4. The summed E-state index contributed by atoms with van der Waals surface area (Å²) in [5.74, 6) is 0.746. The van der Waals surface area contributed by atoms with Gasteiger partial charge in [0.15, 0.2) is 5.82 Å². The second kappa shape index (κ2) is 10.8. The molecular formula is C24H27N7O3. The van der Waals surface area contributed by atoms with Crippen LogP contribution in [0.25, 0.3) is 22.3 Å². The SMILES string of the molecule is CCCOCCn1c(=O)c(NCc2cnc(C)cn2)nc2cnc(-c3ccc(OC)nc3)cc21. The van der Waals surface area contributed by atoms with E-state index in [4.69, 9.17) is 9.47 Å². The summed E-state index contributed by atoms with van der Waals surface area (Å²) in [6.45, 7) is 5.69. The molecule has 0 saturated carbocycles. The van der Waals surface area contributed by atoms with Crippen LogP contribution in [0.5, 0.6) is 5.88 Å². The smallest absolute Gasteiger partial charge is 0.293 e. The van der Waals surface area contributed by atoms with Crippen molar-refractivity contribution >= 4 is 16.9 Å². The lowest BCUT2D eigenvalue weighted by Crippen LogP contribution is -2.27. The van der Waals surface area contributed by atoms with Crippen LogP contribution in [-0.4, -0.2) is 49.8 Å². The fourth-order valence-corrected chi connectivity index (χ4v) is 3.38. The van der Waals surface area contributed by atoms with E-state index in [1.807, 2.05) is 26.0 Å². The number of nitrogens with one attached hydrogen (secondary N) is 1. The lowest BCUT2D eigenvalue weighted by Gasteiger charge is -2.14. The van der Waals surface area contributed by atoms with Crippen molar-refractivity contribution in [2.45, 2.75) is 33.4 Å². The Labute approximate surface area is 197 Å². The summed E-state index contributed by atoms with van der Waals surface area (Å²) in [7, 11) is 1.57. The van der Waals surface area contributed by atoms with Gasteiger partial charge in [-0.1, -0.05) is 6.92 Å². The Balaban J connectivity index is 1.69. The van der Waals surface area contributed by atoms with Crippen molar-refractivity contribution in [3.8, 4) is 17.1 Å². The molecule has 10 nitrogen and oxygen atoms in total. The summed E-state index contributed by atoms with van der Waals surface area (Å²) in [5.41, 5.74) is 4.06. The minimum atomic E-state index is -0.238. The molecular weight excluding hydrogens is 434 g/mol. The van der Waals surface area contributed by atoms with Crippen molar-refractivity contribution < 1.29 is 9.47 Å². The molecule has 0 aliphatic rings. The maximum Gasteiger partial charge on any atom is 0.293 e. The highest BCUT2D eigenvalue weighted by Gasteiger charge is 2.14. The van der Waals surface area contributed by atoms with Gasteiger partial charge in [0.1, 0.15) is 5.52 Å². The lowest BCUT2D eigenvalue weighted by molar-refractivity contribution is 0.127. The molecule has 176 valence electrons. The normalized spacial score (nSPS) is 11.0. The predicted molar refractivity (Wildman–Crippen MR) is 129 cm³/mol. The molecule has 4 rings (SSSR count). The number of hydrogen-bond donors (Lipinski definition) is 1. The summed E-state index contributed by atoms with van der Waals surface area (Å²) in [6, 6.07) is 5.49. The maximum atomic E-state index is 13.4. The first-order chi connectivity index (χ1) is 16.6. The van der Waals surface area contributed by atoms with Crippen molar-refractivity contribution in [2.75, 3.05) is 25.6 Å². The van der Waals surface area contributed by atoms with Gasteiger partial charge < -0.3 is 19.4 Å². The molecule has 0 bridgehead atoms. The van der Waals surface area contributed by atoms with E-state index in [0.717, 1.165) is 17.7 Å². The highest BCUT2D eigenvalue weighted by atomic mass is 16.5. The van der Waals surface area contributed by atoms with Crippen molar-refractivity contribution in [3.63, 3.8) is 0 Å². The Morgan fingerprint density at radius 1 is 1.03 bits per heavy atom. The van der Waals surface area contributed by atoms with Crippen LogP contribution in [0.1, 0.15) is 24.7 Å².